The van der Waals surface area contributed by atoms with Gasteiger partial charge in [0.05, 0.1) is 39.6 Å². The van der Waals surface area contributed by atoms with E-state index in [0.717, 1.165) is 38.5 Å². The van der Waals surface area contributed by atoms with Gasteiger partial charge in [0.15, 0.2) is 23.0 Å². The zero-order valence-electron chi connectivity index (χ0n) is 27.5. The van der Waals surface area contributed by atoms with E-state index in [-0.39, 0.29) is 11.8 Å². The van der Waals surface area contributed by atoms with Crippen molar-refractivity contribution in [2.45, 2.75) is 80.1 Å². The summed E-state index contributed by atoms with van der Waals surface area (Å²) in [7, 11) is 0. The van der Waals surface area contributed by atoms with Crippen molar-refractivity contribution in [2.75, 3.05) is 52.7 Å². The zero-order valence-corrected chi connectivity index (χ0v) is 27.5. The molecule has 0 saturated heterocycles. The van der Waals surface area contributed by atoms with Gasteiger partial charge in [0.2, 0.25) is 11.5 Å². The maximum atomic E-state index is 12.8. The molecule has 2 aromatic carbocycles. The highest BCUT2D eigenvalue weighted by Crippen LogP contribution is 2.40. The van der Waals surface area contributed by atoms with E-state index >= 15 is 0 Å². The van der Waals surface area contributed by atoms with Crippen molar-refractivity contribution >= 4 is 11.8 Å². The van der Waals surface area contributed by atoms with E-state index in [1.807, 2.05) is 41.5 Å². The Hall–Kier alpha value is -3.82. The molecule has 0 aliphatic rings. The Labute approximate surface area is 263 Å². The van der Waals surface area contributed by atoms with E-state index in [9.17, 15) is 9.59 Å². The predicted molar refractivity (Wildman–Crippen MR) is 172 cm³/mol. The minimum absolute atomic E-state index is 0.167. The summed E-state index contributed by atoms with van der Waals surface area (Å²) in [5.41, 5.74) is 0.965. The number of hydrogen-bond acceptors (Lipinski definition) is 8. The standard InChI is InChI=1S/C34H52N2O8/c1-7-39-27-21-25(22-28(40-8-2)31(27)43-11-5)33(37)35-19-17-15-13-14-16-18-20-36-34(38)26-23-29(41-9-3)32(44-12-6)30(24-26)42-10-4/h21-24H,7-20H2,1-6H3,(H,35,37)(H,36,38). The van der Waals surface area contributed by atoms with Crippen LogP contribution in [0.2, 0.25) is 0 Å². The van der Waals surface area contributed by atoms with Crippen LogP contribution in [-0.4, -0.2) is 64.5 Å². The molecule has 2 amide bonds. The van der Waals surface area contributed by atoms with Gasteiger partial charge in [0.25, 0.3) is 11.8 Å². The van der Waals surface area contributed by atoms with Crippen LogP contribution >= 0.6 is 0 Å². The second kappa shape index (κ2) is 21.0. The summed E-state index contributed by atoms with van der Waals surface area (Å²) >= 11 is 0. The third-order valence-corrected chi connectivity index (χ3v) is 6.52. The minimum Gasteiger partial charge on any atom is -0.490 e. The number of unbranched alkanes of at least 4 members (excludes halogenated alkanes) is 5. The van der Waals surface area contributed by atoms with Crippen LogP contribution in [0.15, 0.2) is 24.3 Å². The Bertz CT molecular complexity index is 1010. The number of ether oxygens (including phenoxy) is 6. The maximum absolute atomic E-state index is 12.8. The van der Waals surface area contributed by atoms with Gasteiger partial charge in [-0.25, -0.2) is 0 Å². The van der Waals surface area contributed by atoms with Gasteiger partial charge in [-0.2, -0.15) is 0 Å². The second-order valence-electron chi connectivity index (χ2n) is 9.83. The molecule has 2 N–H and O–H groups in total. The lowest BCUT2D eigenvalue weighted by Crippen LogP contribution is -2.25. The maximum Gasteiger partial charge on any atom is 0.251 e. The van der Waals surface area contributed by atoms with Gasteiger partial charge in [0.1, 0.15) is 0 Å². The minimum atomic E-state index is -0.167. The summed E-state index contributed by atoms with van der Waals surface area (Å²) in [6, 6.07) is 6.82. The Balaban J connectivity index is 1.73. The molecule has 44 heavy (non-hydrogen) atoms. The molecule has 0 heterocycles. The molecule has 0 fully saturated rings. The fraction of sp³-hybridized carbons (Fsp3) is 0.588. The summed E-state index contributed by atoms with van der Waals surface area (Å²) in [5, 5.41) is 6.00. The Kier molecular flexibility index (Phi) is 17.3. The van der Waals surface area contributed by atoms with Crippen LogP contribution in [0.25, 0.3) is 0 Å². The first-order chi connectivity index (χ1) is 21.4. The number of hydrogen-bond donors (Lipinski definition) is 2. The Morgan fingerprint density at radius 2 is 0.727 bits per heavy atom. The van der Waals surface area contributed by atoms with Crippen molar-refractivity contribution in [1.82, 2.24) is 10.6 Å². The second-order valence-corrected chi connectivity index (χ2v) is 9.83. The molecule has 0 spiro atoms. The largest absolute Gasteiger partial charge is 0.490 e. The van der Waals surface area contributed by atoms with E-state index in [1.165, 1.54) is 0 Å². The average Bonchev–Trinajstić information content (AvgIpc) is 3.01. The number of rotatable bonds is 23. The zero-order chi connectivity index (χ0) is 32.2. The first-order valence-electron chi connectivity index (χ1n) is 16.1. The van der Waals surface area contributed by atoms with E-state index in [2.05, 4.69) is 10.6 Å². The van der Waals surface area contributed by atoms with Crippen molar-refractivity contribution in [1.29, 1.82) is 0 Å². The lowest BCUT2D eigenvalue weighted by atomic mass is 10.1. The molecule has 10 heteroatoms. The fourth-order valence-electron chi connectivity index (χ4n) is 4.60. The normalized spacial score (nSPS) is 10.6. The summed E-state index contributed by atoms with van der Waals surface area (Å²) in [5.74, 6) is 2.74. The molecule has 2 rings (SSSR count). The van der Waals surface area contributed by atoms with E-state index in [0.29, 0.717) is 98.4 Å². The summed E-state index contributed by atoms with van der Waals surface area (Å²) in [4.78, 5) is 25.6. The Morgan fingerprint density at radius 3 is 1.00 bits per heavy atom. The van der Waals surface area contributed by atoms with E-state index in [4.69, 9.17) is 28.4 Å². The van der Waals surface area contributed by atoms with Crippen molar-refractivity contribution in [2.24, 2.45) is 0 Å². The molecular weight excluding hydrogens is 564 g/mol. The van der Waals surface area contributed by atoms with Gasteiger partial charge in [-0.3, -0.25) is 9.59 Å². The van der Waals surface area contributed by atoms with Crippen molar-refractivity contribution in [3.8, 4) is 34.5 Å². The summed E-state index contributed by atoms with van der Waals surface area (Å²) in [6.45, 7) is 15.3. The highest BCUT2D eigenvalue weighted by Gasteiger charge is 2.19. The van der Waals surface area contributed by atoms with Crippen molar-refractivity contribution in [3.05, 3.63) is 35.4 Å². The number of carbonyl (C=O) groups is 2. The lowest BCUT2D eigenvalue weighted by Gasteiger charge is -2.17. The summed E-state index contributed by atoms with van der Waals surface area (Å²) in [6.07, 6.45) is 5.92. The Morgan fingerprint density at radius 1 is 0.455 bits per heavy atom. The molecule has 246 valence electrons. The molecule has 0 aliphatic carbocycles. The van der Waals surface area contributed by atoms with Gasteiger partial charge >= 0.3 is 0 Å². The highest BCUT2D eigenvalue weighted by molar-refractivity contribution is 5.96. The molecule has 10 nitrogen and oxygen atoms in total. The molecule has 0 aromatic heterocycles. The molecule has 0 unspecified atom stereocenters. The molecular formula is C34H52N2O8. The van der Waals surface area contributed by atoms with Crippen LogP contribution in [0.3, 0.4) is 0 Å². The quantitative estimate of drug-likeness (QED) is 0.135. The molecule has 0 radical (unpaired) electrons. The molecule has 0 saturated carbocycles. The van der Waals surface area contributed by atoms with Gasteiger partial charge in [-0.1, -0.05) is 25.7 Å². The SMILES string of the molecule is CCOc1cc(C(=O)NCCCCCCCCNC(=O)c2cc(OCC)c(OCC)c(OCC)c2)cc(OCC)c1OCC. The third-order valence-electron chi connectivity index (χ3n) is 6.52. The number of nitrogens with one attached hydrogen (secondary N) is 2. The van der Waals surface area contributed by atoms with E-state index in [1.54, 1.807) is 24.3 Å². The van der Waals surface area contributed by atoms with Crippen molar-refractivity contribution in [3.63, 3.8) is 0 Å². The fourth-order valence-corrected chi connectivity index (χ4v) is 4.60. The van der Waals surface area contributed by atoms with Gasteiger partial charge in [-0.15, -0.1) is 0 Å². The molecule has 0 atom stereocenters. The molecule has 0 bridgehead atoms. The highest BCUT2D eigenvalue weighted by atomic mass is 16.5. The average molecular weight is 617 g/mol. The van der Waals surface area contributed by atoms with Gasteiger partial charge < -0.3 is 39.1 Å². The van der Waals surface area contributed by atoms with Gasteiger partial charge in [-0.05, 0) is 78.6 Å². The van der Waals surface area contributed by atoms with Crippen LogP contribution in [0, 0.1) is 0 Å². The number of amides is 2. The first kappa shape index (κ1) is 36.4. The molecule has 0 aliphatic heterocycles. The molecule has 2 aromatic rings. The third kappa shape index (κ3) is 11.7. The first-order valence-corrected chi connectivity index (χ1v) is 16.1. The van der Waals surface area contributed by atoms with Gasteiger partial charge in [0, 0.05) is 24.2 Å². The lowest BCUT2D eigenvalue weighted by molar-refractivity contribution is 0.0943. The number of benzene rings is 2. The van der Waals surface area contributed by atoms with Crippen LogP contribution in [0.5, 0.6) is 34.5 Å². The smallest absolute Gasteiger partial charge is 0.251 e. The van der Waals surface area contributed by atoms with Crippen LogP contribution in [-0.2, 0) is 0 Å². The summed E-state index contributed by atoms with van der Waals surface area (Å²) < 4.78 is 34.3. The van der Waals surface area contributed by atoms with E-state index < -0.39 is 0 Å². The monoisotopic (exact) mass is 616 g/mol. The van der Waals surface area contributed by atoms with Crippen LogP contribution < -0.4 is 39.1 Å². The predicted octanol–water partition coefficient (Wildman–Crippen LogP) is 6.58. The van der Waals surface area contributed by atoms with Crippen LogP contribution in [0.4, 0.5) is 0 Å². The van der Waals surface area contributed by atoms with Crippen LogP contribution in [0.1, 0.15) is 101 Å². The number of carbonyl (C=O) groups excluding carboxylic acids is 2. The van der Waals surface area contributed by atoms with Crippen molar-refractivity contribution < 1.29 is 38.0 Å². The topological polar surface area (TPSA) is 114 Å².